The summed E-state index contributed by atoms with van der Waals surface area (Å²) >= 11 is 3.46. The molecule has 19 heavy (non-hydrogen) atoms. The third-order valence-electron chi connectivity index (χ3n) is 2.94. The van der Waals surface area contributed by atoms with Gasteiger partial charge in [-0.15, -0.1) is 0 Å². The molecule has 1 unspecified atom stereocenters. The van der Waals surface area contributed by atoms with E-state index in [9.17, 15) is 0 Å². The highest BCUT2D eigenvalue weighted by atomic mass is 79.9. The summed E-state index contributed by atoms with van der Waals surface area (Å²) < 4.78 is 1.07. The van der Waals surface area contributed by atoms with Gasteiger partial charge < -0.3 is 5.32 Å². The molecule has 2 aromatic rings. The standard InChI is InChI=1S/C16H15BrN2/c17-15-8-4-5-13(11-15)12-19-16(9-10-18)14-6-2-1-3-7-14/h1-8,11,16,19H,9,12H2. The van der Waals surface area contributed by atoms with Gasteiger partial charge in [0.25, 0.3) is 0 Å². The van der Waals surface area contributed by atoms with Crippen molar-refractivity contribution >= 4 is 15.9 Å². The molecule has 1 N–H and O–H groups in total. The lowest BCUT2D eigenvalue weighted by atomic mass is 10.0. The van der Waals surface area contributed by atoms with Gasteiger partial charge in [-0.05, 0) is 23.3 Å². The van der Waals surface area contributed by atoms with E-state index in [1.165, 1.54) is 5.56 Å². The average Bonchev–Trinajstić information content (AvgIpc) is 2.44. The van der Waals surface area contributed by atoms with Gasteiger partial charge in [-0.1, -0.05) is 58.4 Å². The summed E-state index contributed by atoms with van der Waals surface area (Å²) in [6, 6.07) is 20.6. The smallest absolute Gasteiger partial charge is 0.0641 e. The second kappa shape index (κ2) is 7.08. The van der Waals surface area contributed by atoms with Crippen LogP contribution >= 0.6 is 15.9 Å². The topological polar surface area (TPSA) is 35.8 Å². The Morgan fingerprint density at radius 2 is 1.89 bits per heavy atom. The second-order valence-electron chi connectivity index (χ2n) is 4.34. The van der Waals surface area contributed by atoms with E-state index in [0.29, 0.717) is 6.42 Å². The Morgan fingerprint density at radius 3 is 2.58 bits per heavy atom. The molecule has 0 aliphatic heterocycles. The quantitative estimate of drug-likeness (QED) is 0.898. The summed E-state index contributed by atoms with van der Waals surface area (Å²) in [6.07, 6.45) is 0.470. The highest BCUT2D eigenvalue weighted by molar-refractivity contribution is 9.10. The SMILES string of the molecule is N#CCC(NCc1cccc(Br)c1)c1ccccc1. The van der Waals surface area contributed by atoms with E-state index in [1.54, 1.807) is 0 Å². The molecule has 2 aromatic carbocycles. The van der Waals surface area contributed by atoms with Gasteiger partial charge in [0.2, 0.25) is 0 Å². The maximum atomic E-state index is 8.94. The highest BCUT2D eigenvalue weighted by Crippen LogP contribution is 2.17. The van der Waals surface area contributed by atoms with Gasteiger partial charge in [0.05, 0.1) is 12.5 Å². The largest absolute Gasteiger partial charge is 0.305 e. The number of halogens is 1. The normalized spacial score (nSPS) is 11.8. The van der Waals surface area contributed by atoms with Crippen LogP contribution in [0.3, 0.4) is 0 Å². The average molecular weight is 315 g/mol. The Bertz CT molecular complexity index is 560. The van der Waals surface area contributed by atoms with E-state index in [-0.39, 0.29) is 6.04 Å². The molecule has 1 atom stereocenters. The first-order valence-corrected chi connectivity index (χ1v) is 6.98. The molecule has 0 aliphatic carbocycles. The first-order valence-electron chi connectivity index (χ1n) is 6.19. The van der Waals surface area contributed by atoms with Crippen LogP contribution in [0.5, 0.6) is 0 Å². The zero-order valence-electron chi connectivity index (χ0n) is 10.5. The zero-order chi connectivity index (χ0) is 13.5. The van der Waals surface area contributed by atoms with Gasteiger partial charge in [-0.3, -0.25) is 0 Å². The monoisotopic (exact) mass is 314 g/mol. The highest BCUT2D eigenvalue weighted by Gasteiger charge is 2.09. The third kappa shape index (κ3) is 4.20. The molecule has 0 aromatic heterocycles. The van der Waals surface area contributed by atoms with E-state index in [2.05, 4.69) is 51.6 Å². The van der Waals surface area contributed by atoms with Crippen LogP contribution in [0.25, 0.3) is 0 Å². The van der Waals surface area contributed by atoms with E-state index >= 15 is 0 Å². The number of hydrogen-bond acceptors (Lipinski definition) is 2. The lowest BCUT2D eigenvalue weighted by Gasteiger charge is -2.16. The van der Waals surface area contributed by atoms with E-state index < -0.39 is 0 Å². The van der Waals surface area contributed by atoms with Crippen molar-refractivity contribution < 1.29 is 0 Å². The Morgan fingerprint density at radius 1 is 1.11 bits per heavy atom. The number of nitrogens with zero attached hydrogens (tertiary/aromatic N) is 1. The summed E-state index contributed by atoms with van der Waals surface area (Å²) in [4.78, 5) is 0. The van der Waals surface area contributed by atoms with Crippen LogP contribution in [0, 0.1) is 11.3 Å². The second-order valence-corrected chi connectivity index (χ2v) is 5.25. The fraction of sp³-hybridized carbons (Fsp3) is 0.188. The maximum absolute atomic E-state index is 8.94. The number of hydrogen-bond donors (Lipinski definition) is 1. The zero-order valence-corrected chi connectivity index (χ0v) is 12.1. The van der Waals surface area contributed by atoms with Crippen molar-refractivity contribution in [3.63, 3.8) is 0 Å². The fourth-order valence-electron chi connectivity index (χ4n) is 1.97. The summed E-state index contributed by atoms with van der Waals surface area (Å²) in [5.74, 6) is 0. The van der Waals surface area contributed by atoms with Crippen LogP contribution in [0.1, 0.15) is 23.6 Å². The molecule has 0 amide bonds. The summed E-state index contributed by atoms with van der Waals surface area (Å²) in [6.45, 7) is 0.751. The van der Waals surface area contributed by atoms with Crippen LogP contribution in [-0.2, 0) is 6.54 Å². The molecule has 0 aliphatic rings. The van der Waals surface area contributed by atoms with Crippen molar-refractivity contribution in [1.82, 2.24) is 5.32 Å². The van der Waals surface area contributed by atoms with Crippen molar-refractivity contribution in [2.45, 2.75) is 19.0 Å². The predicted octanol–water partition coefficient (Wildman–Crippen LogP) is 4.19. The van der Waals surface area contributed by atoms with Crippen LogP contribution in [-0.4, -0.2) is 0 Å². The first-order chi connectivity index (χ1) is 9.29. The Hall–Kier alpha value is -1.63. The molecule has 96 valence electrons. The minimum atomic E-state index is 0.0742. The molecule has 0 saturated heterocycles. The summed E-state index contributed by atoms with van der Waals surface area (Å²) in [5, 5.41) is 12.4. The van der Waals surface area contributed by atoms with Gasteiger partial charge in [-0.25, -0.2) is 0 Å². The van der Waals surface area contributed by atoms with Crippen molar-refractivity contribution in [1.29, 1.82) is 5.26 Å². The molecule has 0 radical (unpaired) electrons. The van der Waals surface area contributed by atoms with Crippen molar-refractivity contribution in [2.75, 3.05) is 0 Å². The van der Waals surface area contributed by atoms with Crippen LogP contribution in [0.2, 0.25) is 0 Å². The number of nitriles is 1. The minimum Gasteiger partial charge on any atom is -0.305 e. The van der Waals surface area contributed by atoms with Crippen molar-refractivity contribution in [3.05, 3.63) is 70.2 Å². The van der Waals surface area contributed by atoms with E-state index in [0.717, 1.165) is 16.6 Å². The molecule has 0 heterocycles. The lowest BCUT2D eigenvalue weighted by Crippen LogP contribution is -2.20. The molecule has 0 spiro atoms. The fourth-order valence-corrected chi connectivity index (χ4v) is 2.42. The third-order valence-corrected chi connectivity index (χ3v) is 3.43. The summed E-state index contributed by atoms with van der Waals surface area (Å²) in [5.41, 5.74) is 2.35. The molecule has 2 rings (SSSR count). The number of nitrogens with one attached hydrogen (secondary N) is 1. The molecule has 2 nitrogen and oxygen atoms in total. The van der Waals surface area contributed by atoms with Crippen molar-refractivity contribution in [2.24, 2.45) is 0 Å². The first kappa shape index (κ1) is 13.8. The number of rotatable bonds is 5. The number of benzene rings is 2. The Kier molecular flexibility index (Phi) is 5.14. The van der Waals surface area contributed by atoms with Gasteiger partial charge in [-0.2, -0.15) is 5.26 Å². The van der Waals surface area contributed by atoms with Gasteiger partial charge in [0, 0.05) is 17.1 Å². The molecule has 0 fully saturated rings. The van der Waals surface area contributed by atoms with Crippen LogP contribution in [0.15, 0.2) is 59.1 Å². The van der Waals surface area contributed by atoms with Gasteiger partial charge in [0.1, 0.15) is 0 Å². The predicted molar refractivity (Wildman–Crippen MR) is 80.4 cm³/mol. The molecule has 0 saturated carbocycles. The van der Waals surface area contributed by atoms with E-state index in [4.69, 9.17) is 5.26 Å². The molecule has 0 bridgehead atoms. The Balaban J connectivity index is 2.04. The van der Waals surface area contributed by atoms with Crippen LogP contribution < -0.4 is 5.32 Å². The van der Waals surface area contributed by atoms with Crippen LogP contribution in [0.4, 0.5) is 0 Å². The van der Waals surface area contributed by atoms with Crippen molar-refractivity contribution in [3.8, 4) is 6.07 Å². The minimum absolute atomic E-state index is 0.0742. The van der Waals surface area contributed by atoms with E-state index in [1.807, 2.05) is 30.3 Å². The molecule has 3 heteroatoms. The lowest BCUT2D eigenvalue weighted by molar-refractivity contribution is 0.542. The molecular weight excluding hydrogens is 300 g/mol. The molecular formula is C16H15BrN2. The van der Waals surface area contributed by atoms with Gasteiger partial charge >= 0.3 is 0 Å². The van der Waals surface area contributed by atoms with Gasteiger partial charge in [0.15, 0.2) is 0 Å². The maximum Gasteiger partial charge on any atom is 0.0641 e. The summed E-state index contributed by atoms with van der Waals surface area (Å²) in [7, 11) is 0. The Labute approximate surface area is 122 Å².